The van der Waals surface area contributed by atoms with Crippen molar-refractivity contribution in [2.75, 3.05) is 5.32 Å². The third kappa shape index (κ3) is 3.43. The first-order valence-electron chi connectivity index (χ1n) is 10.00. The number of fused-ring (bicyclic) bond motifs is 2. The number of amides is 2. The number of hydrogen-bond acceptors (Lipinski definition) is 4. The second kappa shape index (κ2) is 7.72. The lowest BCUT2D eigenvalue weighted by Crippen LogP contribution is -2.47. The van der Waals surface area contributed by atoms with Gasteiger partial charge in [0.15, 0.2) is 0 Å². The van der Waals surface area contributed by atoms with Crippen LogP contribution in [-0.4, -0.2) is 22.9 Å². The van der Waals surface area contributed by atoms with Crippen molar-refractivity contribution in [1.82, 2.24) is 0 Å². The molecule has 2 aromatic rings. The Bertz CT molecular complexity index is 1050. The highest BCUT2D eigenvalue weighted by Crippen LogP contribution is 2.46. The first kappa shape index (κ1) is 20.3. The molecule has 7 heteroatoms. The molecule has 156 valence electrons. The maximum Gasteiger partial charge on any atom is 0.307 e. The SMILES string of the molecule is Cc1ccc(-c2c(C)sc(NC(=O)[C@@H]3[C@@H](C(=O)O)[C@H]4C=C[C@H]3CC4)c2C(N)=O)cc1. The zero-order chi connectivity index (χ0) is 21.6. The van der Waals surface area contributed by atoms with Crippen LogP contribution < -0.4 is 11.1 Å². The zero-order valence-corrected chi connectivity index (χ0v) is 17.7. The molecule has 0 aliphatic heterocycles. The highest BCUT2D eigenvalue weighted by Gasteiger charge is 2.48. The van der Waals surface area contributed by atoms with Crippen LogP contribution in [0.3, 0.4) is 0 Å². The summed E-state index contributed by atoms with van der Waals surface area (Å²) < 4.78 is 0. The number of hydrogen-bond donors (Lipinski definition) is 3. The number of aliphatic carboxylic acids is 1. The van der Waals surface area contributed by atoms with Gasteiger partial charge in [0.1, 0.15) is 5.00 Å². The molecule has 4 N–H and O–H groups in total. The van der Waals surface area contributed by atoms with Crippen molar-refractivity contribution in [2.45, 2.75) is 26.7 Å². The number of nitrogens with one attached hydrogen (secondary N) is 1. The smallest absolute Gasteiger partial charge is 0.307 e. The minimum Gasteiger partial charge on any atom is -0.481 e. The summed E-state index contributed by atoms with van der Waals surface area (Å²) in [5, 5.41) is 13.0. The van der Waals surface area contributed by atoms with E-state index in [1.807, 2.05) is 50.3 Å². The van der Waals surface area contributed by atoms with Gasteiger partial charge in [-0.3, -0.25) is 14.4 Å². The molecule has 5 rings (SSSR count). The number of carboxylic acid groups (broad SMARTS) is 1. The van der Waals surface area contributed by atoms with Crippen LogP contribution in [0.15, 0.2) is 36.4 Å². The fraction of sp³-hybridized carbons (Fsp3) is 0.348. The predicted octanol–water partition coefficient (Wildman–Crippen LogP) is 3.98. The van der Waals surface area contributed by atoms with Gasteiger partial charge in [-0.25, -0.2) is 0 Å². The van der Waals surface area contributed by atoms with Crippen LogP contribution in [0.25, 0.3) is 11.1 Å². The van der Waals surface area contributed by atoms with E-state index in [4.69, 9.17) is 5.73 Å². The molecule has 30 heavy (non-hydrogen) atoms. The Morgan fingerprint density at radius 3 is 2.17 bits per heavy atom. The lowest BCUT2D eigenvalue weighted by atomic mass is 9.62. The molecule has 4 atom stereocenters. The molecular formula is C23H24N2O4S. The van der Waals surface area contributed by atoms with Crippen molar-refractivity contribution in [2.24, 2.45) is 29.4 Å². The molecule has 1 aromatic heterocycles. The Morgan fingerprint density at radius 1 is 1.03 bits per heavy atom. The fourth-order valence-corrected chi connectivity index (χ4v) is 5.90. The zero-order valence-electron chi connectivity index (χ0n) is 16.8. The molecule has 3 aliphatic rings. The van der Waals surface area contributed by atoms with Gasteiger partial charge in [0.25, 0.3) is 5.91 Å². The van der Waals surface area contributed by atoms with E-state index in [9.17, 15) is 19.5 Å². The second-order valence-corrected chi connectivity index (χ2v) is 9.36. The number of aryl methyl sites for hydroxylation is 2. The molecular weight excluding hydrogens is 400 g/mol. The molecule has 6 nitrogen and oxygen atoms in total. The highest BCUT2D eigenvalue weighted by atomic mass is 32.1. The van der Waals surface area contributed by atoms with Crippen molar-refractivity contribution in [3.63, 3.8) is 0 Å². The minimum atomic E-state index is -0.952. The van der Waals surface area contributed by atoms with E-state index in [1.54, 1.807) is 0 Å². The summed E-state index contributed by atoms with van der Waals surface area (Å²) in [5.74, 6) is -3.57. The average Bonchev–Trinajstić information content (AvgIpc) is 3.04. The molecule has 0 saturated heterocycles. The van der Waals surface area contributed by atoms with Gasteiger partial charge in [0, 0.05) is 10.4 Å². The lowest BCUT2D eigenvalue weighted by molar-refractivity contribution is -0.151. The Kier molecular flexibility index (Phi) is 5.24. The first-order chi connectivity index (χ1) is 14.3. The molecule has 2 bridgehead atoms. The summed E-state index contributed by atoms with van der Waals surface area (Å²) in [5.41, 5.74) is 8.64. The summed E-state index contributed by atoms with van der Waals surface area (Å²) in [6.45, 7) is 3.86. The summed E-state index contributed by atoms with van der Waals surface area (Å²) >= 11 is 1.29. The van der Waals surface area contributed by atoms with Crippen LogP contribution in [0.4, 0.5) is 5.00 Å². The monoisotopic (exact) mass is 424 g/mol. The molecule has 1 saturated carbocycles. The summed E-state index contributed by atoms with van der Waals surface area (Å²) in [4.78, 5) is 38.3. The van der Waals surface area contributed by atoms with Crippen molar-refractivity contribution >= 4 is 34.1 Å². The fourth-order valence-electron chi connectivity index (χ4n) is 4.82. The number of benzene rings is 1. The van der Waals surface area contributed by atoms with Gasteiger partial charge in [-0.15, -0.1) is 11.3 Å². The van der Waals surface area contributed by atoms with Gasteiger partial charge in [0.2, 0.25) is 5.91 Å². The number of carbonyl (C=O) groups is 3. The van der Waals surface area contributed by atoms with Crippen LogP contribution in [0.5, 0.6) is 0 Å². The Balaban J connectivity index is 1.70. The van der Waals surface area contributed by atoms with Crippen LogP contribution in [0.2, 0.25) is 0 Å². The van der Waals surface area contributed by atoms with Crippen LogP contribution in [0, 0.1) is 37.5 Å². The normalized spacial score (nSPS) is 24.6. The quantitative estimate of drug-likeness (QED) is 0.631. The largest absolute Gasteiger partial charge is 0.481 e. The summed E-state index contributed by atoms with van der Waals surface area (Å²) in [6.07, 6.45) is 5.47. The van der Waals surface area contributed by atoms with Crippen molar-refractivity contribution < 1.29 is 19.5 Å². The summed E-state index contributed by atoms with van der Waals surface area (Å²) in [7, 11) is 0. The number of anilines is 1. The van der Waals surface area contributed by atoms with Gasteiger partial charge in [-0.05, 0) is 44.1 Å². The standard InChI is InChI=1S/C23H24N2O4S/c1-11-3-5-13(6-4-11)16-12(2)30-22(19(16)20(24)26)25-21(27)17-14-7-9-15(10-8-14)18(17)23(28)29/h3-7,9,14-15,17-18H,8,10H2,1-2H3,(H2,24,26)(H,25,27)(H,28,29)/t14-,15-,17-,18-/m0/s1. The van der Waals surface area contributed by atoms with E-state index in [-0.39, 0.29) is 23.3 Å². The average molecular weight is 425 g/mol. The number of primary amides is 1. The topological polar surface area (TPSA) is 109 Å². The van der Waals surface area contributed by atoms with E-state index in [2.05, 4.69) is 5.32 Å². The van der Waals surface area contributed by atoms with Gasteiger partial charge in [-0.1, -0.05) is 42.0 Å². The van der Waals surface area contributed by atoms with Crippen LogP contribution in [-0.2, 0) is 9.59 Å². The van der Waals surface area contributed by atoms with Gasteiger partial charge in [-0.2, -0.15) is 0 Å². The van der Waals surface area contributed by atoms with E-state index >= 15 is 0 Å². The Labute approximate surface area is 178 Å². The van der Waals surface area contributed by atoms with Gasteiger partial charge in [0.05, 0.1) is 17.4 Å². The number of nitrogens with two attached hydrogens (primary N) is 1. The number of carbonyl (C=O) groups excluding carboxylic acids is 2. The summed E-state index contributed by atoms with van der Waals surface area (Å²) in [6, 6.07) is 7.76. The lowest BCUT2D eigenvalue weighted by Gasteiger charge is -2.41. The second-order valence-electron chi connectivity index (χ2n) is 8.14. The van der Waals surface area contributed by atoms with E-state index in [0.29, 0.717) is 10.6 Å². The van der Waals surface area contributed by atoms with E-state index < -0.39 is 23.7 Å². The molecule has 3 aliphatic carbocycles. The maximum absolute atomic E-state index is 13.2. The number of thiophene rings is 1. The van der Waals surface area contributed by atoms with Crippen LogP contribution >= 0.6 is 11.3 Å². The van der Waals surface area contributed by atoms with Crippen LogP contribution in [0.1, 0.15) is 33.6 Å². The Morgan fingerprint density at radius 2 is 1.63 bits per heavy atom. The maximum atomic E-state index is 13.2. The molecule has 0 unspecified atom stereocenters. The molecule has 1 aromatic carbocycles. The van der Waals surface area contributed by atoms with Crippen molar-refractivity contribution in [3.8, 4) is 11.1 Å². The van der Waals surface area contributed by atoms with E-state index in [1.165, 1.54) is 11.3 Å². The van der Waals surface area contributed by atoms with Crippen molar-refractivity contribution in [1.29, 1.82) is 0 Å². The Hall–Kier alpha value is -2.93. The van der Waals surface area contributed by atoms with Gasteiger partial charge < -0.3 is 16.2 Å². The number of allylic oxidation sites excluding steroid dienone is 2. The third-order valence-electron chi connectivity index (χ3n) is 6.24. The first-order valence-corrected chi connectivity index (χ1v) is 10.8. The molecule has 1 fully saturated rings. The molecule has 1 heterocycles. The molecule has 0 spiro atoms. The van der Waals surface area contributed by atoms with E-state index in [0.717, 1.165) is 28.8 Å². The minimum absolute atomic E-state index is 0.106. The number of rotatable bonds is 5. The third-order valence-corrected chi connectivity index (χ3v) is 7.26. The predicted molar refractivity (Wildman–Crippen MR) is 116 cm³/mol. The van der Waals surface area contributed by atoms with Crippen molar-refractivity contribution in [3.05, 3.63) is 52.4 Å². The van der Waals surface area contributed by atoms with Gasteiger partial charge >= 0.3 is 5.97 Å². The number of carboxylic acids is 1. The molecule has 0 radical (unpaired) electrons. The molecule has 2 amide bonds. The highest BCUT2D eigenvalue weighted by molar-refractivity contribution is 7.17.